The van der Waals surface area contributed by atoms with Gasteiger partial charge in [-0.25, -0.2) is 21.9 Å². The summed E-state index contributed by atoms with van der Waals surface area (Å²) < 4.78 is 59.3. The van der Waals surface area contributed by atoms with Gasteiger partial charge >= 0.3 is 0 Å². The van der Waals surface area contributed by atoms with Crippen molar-refractivity contribution in [3.63, 3.8) is 0 Å². The van der Waals surface area contributed by atoms with Gasteiger partial charge in [-0.15, -0.1) is 12.4 Å². The molecule has 1 atom stereocenters. The standard InChI is InChI=1S/C14H20F2N2O3S.ClH/c1-10-6-12(16)13(7-11(10)15)22(19,20)18-8-14(9-21-2)4-3-5-17-14;/h6-7,17-18H,3-5,8-9H2,1-2H3;1H. The number of sulfonamides is 1. The fourth-order valence-electron chi connectivity index (χ4n) is 2.62. The van der Waals surface area contributed by atoms with Crippen molar-refractivity contribution in [2.24, 2.45) is 0 Å². The van der Waals surface area contributed by atoms with E-state index in [1.165, 1.54) is 14.0 Å². The SMILES string of the molecule is COCC1(CNS(=O)(=O)c2cc(F)c(C)cc2F)CCCN1.Cl. The highest BCUT2D eigenvalue weighted by atomic mass is 35.5. The van der Waals surface area contributed by atoms with E-state index in [2.05, 4.69) is 10.0 Å². The van der Waals surface area contributed by atoms with Crippen LogP contribution in [0.25, 0.3) is 0 Å². The lowest BCUT2D eigenvalue weighted by molar-refractivity contribution is 0.122. The molecule has 23 heavy (non-hydrogen) atoms. The Bertz CT molecular complexity index is 650. The fourth-order valence-corrected chi connectivity index (χ4v) is 3.81. The van der Waals surface area contributed by atoms with E-state index in [9.17, 15) is 17.2 Å². The van der Waals surface area contributed by atoms with Crippen LogP contribution in [0.4, 0.5) is 8.78 Å². The molecule has 1 aromatic rings. The summed E-state index contributed by atoms with van der Waals surface area (Å²) in [5.74, 6) is -1.72. The van der Waals surface area contributed by atoms with Gasteiger partial charge < -0.3 is 10.1 Å². The normalized spacial score (nSPS) is 21.2. The molecule has 2 N–H and O–H groups in total. The van der Waals surface area contributed by atoms with Crippen molar-refractivity contribution in [2.75, 3.05) is 26.8 Å². The van der Waals surface area contributed by atoms with E-state index in [1.807, 2.05) is 0 Å². The van der Waals surface area contributed by atoms with Gasteiger partial charge in [0.1, 0.15) is 16.5 Å². The van der Waals surface area contributed by atoms with E-state index in [0.29, 0.717) is 12.7 Å². The number of hydrogen-bond acceptors (Lipinski definition) is 4. The molecule has 132 valence electrons. The summed E-state index contributed by atoms with van der Waals surface area (Å²) in [5.41, 5.74) is -0.452. The minimum Gasteiger partial charge on any atom is -0.383 e. The highest BCUT2D eigenvalue weighted by Gasteiger charge is 2.35. The van der Waals surface area contributed by atoms with E-state index in [4.69, 9.17) is 4.74 Å². The average molecular weight is 371 g/mol. The zero-order valence-corrected chi connectivity index (χ0v) is 14.6. The minimum absolute atomic E-state index is 0. The van der Waals surface area contributed by atoms with Gasteiger partial charge in [-0.3, -0.25) is 0 Å². The van der Waals surface area contributed by atoms with Crippen molar-refractivity contribution in [3.05, 3.63) is 29.3 Å². The van der Waals surface area contributed by atoms with E-state index in [-0.39, 0.29) is 24.5 Å². The Labute approximate surface area is 141 Å². The maximum atomic E-state index is 13.8. The van der Waals surface area contributed by atoms with Crippen LogP contribution in [0.2, 0.25) is 0 Å². The van der Waals surface area contributed by atoms with Gasteiger partial charge in [-0.05, 0) is 44.0 Å². The van der Waals surface area contributed by atoms with Crippen molar-refractivity contribution < 1.29 is 21.9 Å². The topological polar surface area (TPSA) is 67.4 Å². The molecule has 1 aliphatic rings. The van der Waals surface area contributed by atoms with Crippen LogP contribution in [0.3, 0.4) is 0 Å². The Morgan fingerprint density at radius 3 is 2.61 bits per heavy atom. The largest absolute Gasteiger partial charge is 0.383 e. The molecule has 0 saturated carbocycles. The second kappa shape index (κ2) is 7.85. The third-order valence-electron chi connectivity index (χ3n) is 3.86. The monoisotopic (exact) mass is 370 g/mol. The van der Waals surface area contributed by atoms with Gasteiger partial charge in [0.2, 0.25) is 10.0 Å². The highest BCUT2D eigenvalue weighted by Crippen LogP contribution is 2.22. The maximum absolute atomic E-state index is 13.8. The van der Waals surface area contributed by atoms with Crippen LogP contribution in [0.5, 0.6) is 0 Å². The Hall–Kier alpha value is -0.800. The van der Waals surface area contributed by atoms with Gasteiger partial charge in [0, 0.05) is 13.7 Å². The smallest absolute Gasteiger partial charge is 0.243 e. The summed E-state index contributed by atoms with van der Waals surface area (Å²) in [6.45, 7) is 2.52. The lowest BCUT2D eigenvalue weighted by Crippen LogP contribution is -2.52. The third kappa shape index (κ3) is 4.60. The molecular formula is C14H21ClF2N2O3S. The van der Waals surface area contributed by atoms with Gasteiger partial charge in [0.25, 0.3) is 0 Å². The summed E-state index contributed by atoms with van der Waals surface area (Å²) in [6.07, 6.45) is 1.65. The van der Waals surface area contributed by atoms with Gasteiger partial charge in [0.15, 0.2) is 0 Å². The van der Waals surface area contributed by atoms with Crippen molar-refractivity contribution in [1.82, 2.24) is 10.0 Å². The van der Waals surface area contributed by atoms with Crippen molar-refractivity contribution >= 4 is 22.4 Å². The van der Waals surface area contributed by atoms with E-state index >= 15 is 0 Å². The molecule has 0 aromatic heterocycles. The fraction of sp³-hybridized carbons (Fsp3) is 0.571. The number of nitrogens with one attached hydrogen (secondary N) is 2. The lowest BCUT2D eigenvalue weighted by atomic mass is 9.99. The predicted molar refractivity (Wildman–Crippen MR) is 85.4 cm³/mol. The maximum Gasteiger partial charge on any atom is 0.243 e. The number of hydrogen-bond donors (Lipinski definition) is 2. The molecule has 1 aromatic carbocycles. The zero-order chi connectivity index (χ0) is 16.4. The first-order chi connectivity index (χ1) is 10.3. The van der Waals surface area contributed by atoms with Crippen molar-refractivity contribution in [2.45, 2.75) is 30.2 Å². The molecule has 0 radical (unpaired) electrons. The lowest BCUT2D eigenvalue weighted by Gasteiger charge is -2.28. The van der Waals surface area contributed by atoms with Crippen LogP contribution >= 0.6 is 12.4 Å². The summed E-state index contributed by atoms with van der Waals surface area (Å²) in [5, 5.41) is 3.21. The number of benzene rings is 1. The highest BCUT2D eigenvalue weighted by molar-refractivity contribution is 7.89. The molecule has 0 bridgehead atoms. The first-order valence-electron chi connectivity index (χ1n) is 6.99. The number of ether oxygens (including phenoxy) is 1. The number of rotatable bonds is 6. The summed E-state index contributed by atoms with van der Waals surface area (Å²) >= 11 is 0. The summed E-state index contributed by atoms with van der Waals surface area (Å²) in [7, 11) is -2.60. The molecular weight excluding hydrogens is 350 g/mol. The molecule has 0 spiro atoms. The number of aryl methyl sites for hydroxylation is 1. The second-order valence-corrected chi connectivity index (χ2v) is 7.34. The van der Waals surface area contributed by atoms with Crippen LogP contribution in [-0.2, 0) is 14.8 Å². The van der Waals surface area contributed by atoms with Crippen LogP contribution in [0.15, 0.2) is 17.0 Å². The first-order valence-corrected chi connectivity index (χ1v) is 8.47. The number of halogens is 3. The van der Waals surface area contributed by atoms with Crippen LogP contribution in [-0.4, -0.2) is 40.8 Å². The first kappa shape index (κ1) is 20.2. The molecule has 0 aliphatic carbocycles. The Kier molecular flexibility index (Phi) is 6.91. The molecule has 1 saturated heterocycles. The molecule has 1 unspecified atom stereocenters. The molecule has 9 heteroatoms. The summed E-state index contributed by atoms with van der Waals surface area (Å²) in [6, 6.07) is 1.58. The van der Waals surface area contributed by atoms with Gasteiger partial charge in [0.05, 0.1) is 12.1 Å². The average Bonchev–Trinajstić information content (AvgIpc) is 2.90. The van der Waals surface area contributed by atoms with Crippen LogP contribution in [0.1, 0.15) is 18.4 Å². The van der Waals surface area contributed by atoms with Crippen LogP contribution < -0.4 is 10.0 Å². The van der Waals surface area contributed by atoms with E-state index in [1.54, 1.807) is 0 Å². The summed E-state index contributed by atoms with van der Waals surface area (Å²) in [4.78, 5) is -0.679. The molecule has 0 amide bonds. The molecule has 1 heterocycles. The molecule has 1 aliphatic heterocycles. The quantitative estimate of drug-likeness (QED) is 0.800. The molecule has 1 fully saturated rings. The zero-order valence-electron chi connectivity index (χ0n) is 13.0. The Morgan fingerprint density at radius 2 is 2.04 bits per heavy atom. The molecule has 2 rings (SSSR count). The van der Waals surface area contributed by atoms with E-state index < -0.39 is 32.1 Å². The second-order valence-electron chi connectivity index (χ2n) is 5.60. The minimum atomic E-state index is -4.13. The number of methoxy groups -OCH3 is 1. The Morgan fingerprint density at radius 1 is 1.35 bits per heavy atom. The third-order valence-corrected chi connectivity index (χ3v) is 5.27. The van der Waals surface area contributed by atoms with Crippen molar-refractivity contribution in [3.8, 4) is 0 Å². The van der Waals surface area contributed by atoms with Crippen molar-refractivity contribution in [1.29, 1.82) is 0 Å². The Balaban J connectivity index is 0.00000264. The van der Waals surface area contributed by atoms with Crippen LogP contribution in [0, 0.1) is 18.6 Å². The van der Waals surface area contributed by atoms with Gasteiger partial charge in [-0.2, -0.15) is 0 Å². The molecule has 5 nitrogen and oxygen atoms in total. The predicted octanol–water partition coefficient (Wildman–Crippen LogP) is 1.74. The van der Waals surface area contributed by atoms with E-state index in [0.717, 1.165) is 25.5 Å². The van der Waals surface area contributed by atoms with Gasteiger partial charge in [-0.1, -0.05) is 0 Å².